The highest BCUT2D eigenvalue weighted by Crippen LogP contribution is 2.37. The van der Waals surface area contributed by atoms with Gasteiger partial charge in [0.15, 0.2) is 11.5 Å². The van der Waals surface area contributed by atoms with E-state index in [0.717, 1.165) is 6.42 Å². The van der Waals surface area contributed by atoms with Crippen molar-refractivity contribution in [1.82, 2.24) is 0 Å². The van der Waals surface area contributed by atoms with E-state index in [4.69, 9.17) is 30.5 Å². The second-order valence-corrected chi connectivity index (χ2v) is 7.23. The van der Waals surface area contributed by atoms with E-state index in [1.165, 1.54) is 0 Å². The van der Waals surface area contributed by atoms with Gasteiger partial charge < -0.3 is 24.3 Å². The number of carbonyl (C=O) groups is 1. The van der Waals surface area contributed by atoms with Crippen LogP contribution in [0.1, 0.15) is 30.6 Å². The Morgan fingerprint density at radius 2 is 1.69 bits per heavy atom. The maximum Gasteiger partial charge on any atom is 0.255 e. The van der Waals surface area contributed by atoms with Crippen molar-refractivity contribution in [3.8, 4) is 28.7 Å². The van der Waals surface area contributed by atoms with E-state index in [1.807, 2.05) is 32.0 Å². The van der Waals surface area contributed by atoms with Crippen LogP contribution >= 0.6 is 11.6 Å². The van der Waals surface area contributed by atoms with Crippen LogP contribution in [0.15, 0.2) is 60.7 Å². The molecule has 32 heavy (non-hydrogen) atoms. The van der Waals surface area contributed by atoms with Gasteiger partial charge in [0.2, 0.25) is 0 Å². The number of carbonyl (C=O) groups excluding carboxylic acids is 1. The third kappa shape index (κ3) is 6.08. The molecule has 0 aliphatic heterocycles. The Kier molecular flexibility index (Phi) is 8.22. The Labute approximate surface area is 193 Å². The van der Waals surface area contributed by atoms with Crippen molar-refractivity contribution in [3.05, 3.63) is 71.2 Å². The van der Waals surface area contributed by atoms with Gasteiger partial charge in [-0.05, 0) is 61.9 Å². The van der Waals surface area contributed by atoms with E-state index in [0.29, 0.717) is 58.2 Å². The highest BCUT2D eigenvalue weighted by atomic mass is 35.5. The predicted molar refractivity (Wildman–Crippen MR) is 126 cm³/mol. The van der Waals surface area contributed by atoms with Crippen molar-refractivity contribution in [2.24, 2.45) is 0 Å². The lowest BCUT2D eigenvalue weighted by molar-refractivity contribution is 0.102. The first kappa shape index (κ1) is 23.3. The van der Waals surface area contributed by atoms with E-state index >= 15 is 0 Å². The van der Waals surface area contributed by atoms with Gasteiger partial charge in [-0.3, -0.25) is 4.79 Å². The average molecular weight is 456 g/mol. The van der Waals surface area contributed by atoms with Gasteiger partial charge in [-0.25, -0.2) is 0 Å². The summed E-state index contributed by atoms with van der Waals surface area (Å²) in [6, 6.07) is 17.6. The zero-order valence-electron chi connectivity index (χ0n) is 18.3. The molecule has 0 spiro atoms. The SMILES string of the molecule is CCCOc1c(Cl)cc(C(=O)Nc2ccc(Oc3cccc(OC)c3)cc2)cc1OCC. The summed E-state index contributed by atoms with van der Waals surface area (Å²) in [5.41, 5.74) is 0.993. The van der Waals surface area contributed by atoms with Crippen molar-refractivity contribution >= 4 is 23.2 Å². The average Bonchev–Trinajstić information content (AvgIpc) is 2.80. The molecule has 0 heterocycles. The Hall–Kier alpha value is -3.38. The van der Waals surface area contributed by atoms with Gasteiger partial charge in [0.25, 0.3) is 5.91 Å². The molecule has 0 unspecified atom stereocenters. The molecule has 3 aromatic rings. The van der Waals surface area contributed by atoms with Crippen LogP contribution < -0.4 is 24.3 Å². The standard InChI is InChI=1S/C25H26ClNO5/c1-4-13-31-24-22(26)14-17(15-23(24)30-5-2)25(28)27-18-9-11-19(12-10-18)32-21-8-6-7-20(16-21)29-3/h6-12,14-16H,4-5,13H2,1-3H3,(H,27,28). The molecule has 0 saturated heterocycles. The van der Waals surface area contributed by atoms with Crippen molar-refractivity contribution in [1.29, 1.82) is 0 Å². The van der Waals surface area contributed by atoms with Crippen LogP contribution in [0.2, 0.25) is 5.02 Å². The molecule has 0 aromatic heterocycles. The fourth-order valence-corrected chi connectivity index (χ4v) is 3.18. The minimum Gasteiger partial charge on any atom is -0.497 e. The second kappa shape index (κ2) is 11.3. The number of rotatable bonds is 10. The maximum atomic E-state index is 12.8. The molecular weight excluding hydrogens is 430 g/mol. The van der Waals surface area contributed by atoms with Crippen molar-refractivity contribution < 1.29 is 23.7 Å². The fourth-order valence-electron chi connectivity index (χ4n) is 2.92. The van der Waals surface area contributed by atoms with Crippen molar-refractivity contribution in [3.63, 3.8) is 0 Å². The molecule has 0 radical (unpaired) electrons. The van der Waals surface area contributed by atoms with Gasteiger partial charge in [-0.2, -0.15) is 0 Å². The summed E-state index contributed by atoms with van der Waals surface area (Å²) in [6.45, 7) is 4.80. The quantitative estimate of drug-likeness (QED) is 0.374. The molecule has 0 atom stereocenters. The number of methoxy groups -OCH3 is 1. The molecule has 1 amide bonds. The van der Waals surface area contributed by atoms with E-state index in [2.05, 4.69) is 5.32 Å². The molecule has 0 bridgehead atoms. The molecular formula is C25H26ClNO5. The number of amides is 1. The summed E-state index contributed by atoms with van der Waals surface area (Å²) in [4.78, 5) is 12.8. The summed E-state index contributed by atoms with van der Waals surface area (Å²) in [6.07, 6.45) is 0.835. The first-order valence-corrected chi connectivity index (χ1v) is 10.7. The number of ether oxygens (including phenoxy) is 4. The molecule has 3 aromatic carbocycles. The van der Waals surface area contributed by atoms with Gasteiger partial charge in [0.1, 0.15) is 17.2 Å². The number of benzene rings is 3. The van der Waals surface area contributed by atoms with Crippen LogP contribution in [0.25, 0.3) is 0 Å². The summed E-state index contributed by atoms with van der Waals surface area (Å²) < 4.78 is 22.3. The van der Waals surface area contributed by atoms with E-state index < -0.39 is 0 Å². The highest BCUT2D eigenvalue weighted by Gasteiger charge is 2.16. The third-order valence-corrected chi connectivity index (χ3v) is 4.69. The fraction of sp³-hybridized carbons (Fsp3) is 0.240. The smallest absolute Gasteiger partial charge is 0.255 e. The Balaban J connectivity index is 1.71. The largest absolute Gasteiger partial charge is 0.497 e. The van der Waals surface area contributed by atoms with Gasteiger partial charge >= 0.3 is 0 Å². The minimum atomic E-state index is -0.309. The lowest BCUT2D eigenvalue weighted by Crippen LogP contribution is -2.12. The number of hydrogen-bond donors (Lipinski definition) is 1. The molecule has 7 heteroatoms. The van der Waals surface area contributed by atoms with Crippen molar-refractivity contribution in [2.45, 2.75) is 20.3 Å². The van der Waals surface area contributed by atoms with E-state index in [1.54, 1.807) is 49.6 Å². The summed E-state index contributed by atoms with van der Waals surface area (Å²) in [5.74, 6) is 2.59. The molecule has 3 rings (SSSR count). The maximum absolute atomic E-state index is 12.8. The monoisotopic (exact) mass is 455 g/mol. The molecule has 0 aliphatic rings. The highest BCUT2D eigenvalue weighted by molar-refractivity contribution is 6.32. The normalized spacial score (nSPS) is 10.4. The van der Waals surface area contributed by atoms with Crippen molar-refractivity contribution in [2.75, 3.05) is 25.6 Å². The lowest BCUT2D eigenvalue weighted by Gasteiger charge is -2.15. The van der Waals surface area contributed by atoms with Crippen LogP contribution in [0.3, 0.4) is 0 Å². The first-order valence-electron chi connectivity index (χ1n) is 10.4. The molecule has 6 nitrogen and oxygen atoms in total. The Bertz CT molecular complexity index is 1050. The molecule has 0 fully saturated rings. The van der Waals surface area contributed by atoms with E-state index in [9.17, 15) is 4.79 Å². The Morgan fingerprint density at radius 1 is 0.938 bits per heavy atom. The van der Waals surface area contributed by atoms with Crippen LogP contribution in [-0.2, 0) is 0 Å². The van der Waals surface area contributed by atoms with E-state index in [-0.39, 0.29) is 5.91 Å². The number of nitrogens with one attached hydrogen (secondary N) is 1. The van der Waals surface area contributed by atoms with Gasteiger partial charge in [-0.1, -0.05) is 24.6 Å². The van der Waals surface area contributed by atoms with Crippen LogP contribution in [0.4, 0.5) is 5.69 Å². The topological polar surface area (TPSA) is 66.0 Å². The summed E-state index contributed by atoms with van der Waals surface area (Å²) in [7, 11) is 1.60. The number of halogens is 1. The molecule has 0 aliphatic carbocycles. The predicted octanol–water partition coefficient (Wildman–Crippen LogP) is 6.58. The minimum absolute atomic E-state index is 0.309. The molecule has 168 valence electrons. The molecule has 1 N–H and O–H groups in total. The number of anilines is 1. The van der Waals surface area contributed by atoms with Gasteiger partial charge in [0, 0.05) is 17.3 Å². The summed E-state index contributed by atoms with van der Waals surface area (Å²) >= 11 is 6.36. The first-order chi connectivity index (χ1) is 15.5. The number of hydrogen-bond acceptors (Lipinski definition) is 5. The Morgan fingerprint density at radius 3 is 2.38 bits per heavy atom. The lowest BCUT2D eigenvalue weighted by atomic mass is 10.1. The molecule has 0 saturated carbocycles. The third-order valence-electron chi connectivity index (χ3n) is 4.41. The van der Waals surface area contributed by atoms with Crippen LogP contribution in [-0.4, -0.2) is 26.2 Å². The van der Waals surface area contributed by atoms with Gasteiger partial charge in [-0.15, -0.1) is 0 Å². The zero-order valence-corrected chi connectivity index (χ0v) is 19.1. The second-order valence-electron chi connectivity index (χ2n) is 6.83. The zero-order chi connectivity index (χ0) is 22.9. The van der Waals surface area contributed by atoms with Gasteiger partial charge in [0.05, 0.1) is 25.3 Å². The van der Waals surface area contributed by atoms with Crippen LogP contribution in [0, 0.1) is 0 Å². The summed E-state index contributed by atoms with van der Waals surface area (Å²) in [5, 5.41) is 3.19. The van der Waals surface area contributed by atoms with Crippen LogP contribution in [0.5, 0.6) is 28.7 Å².